The number of esters is 1. The van der Waals surface area contributed by atoms with Crippen molar-refractivity contribution >= 4 is 23.7 Å². The van der Waals surface area contributed by atoms with E-state index in [1.807, 2.05) is 51.1 Å². The van der Waals surface area contributed by atoms with Crippen LogP contribution < -0.4 is 4.74 Å². The van der Waals surface area contributed by atoms with E-state index in [0.717, 1.165) is 5.56 Å². The van der Waals surface area contributed by atoms with Gasteiger partial charge >= 0.3 is 12.1 Å². The first-order chi connectivity index (χ1) is 16.2. The number of rotatable bonds is 8. The molecule has 34 heavy (non-hydrogen) atoms. The fourth-order valence-corrected chi connectivity index (χ4v) is 3.73. The fraction of sp³-hybridized carbons (Fsp3) is 0.462. The van der Waals surface area contributed by atoms with E-state index >= 15 is 0 Å². The van der Waals surface area contributed by atoms with Gasteiger partial charge in [-0.2, -0.15) is 0 Å². The topological polar surface area (TPSA) is 68.3 Å². The Labute approximate surface area is 206 Å². The van der Waals surface area contributed by atoms with E-state index in [-0.39, 0.29) is 31.1 Å². The molecule has 1 heterocycles. The summed E-state index contributed by atoms with van der Waals surface area (Å²) in [5.74, 6) is 0.391. The summed E-state index contributed by atoms with van der Waals surface area (Å²) in [5.41, 5.74) is 0.405. The second kappa shape index (κ2) is 12.1. The molecule has 1 amide bonds. The molecular weight excluding hydrogens is 456 g/mol. The van der Waals surface area contributed by atoms with Crippen LogP contribution in [0.15, 0.2) is 54.6 Å². The van der Waals surface area contributed by atoms with Gasteiger partial charge in [0.2, 0.25) is 0 Å². The summed E-state index contributed by atoms with van der Waals surface area (Å²) < 4.78 is 17.0. The number of carbonyl (C=O) groups excluding carboxylic acids is 2. The molecule has 7 nitrogen and oxygen atoms in total. The summed E-state index contributed by atoms with van der Waals surface area (Å²) in [6, 6.07) is 16.5. The van der Waals surface area contributed by atoms with Gasteiger partial charge in [0, 0.05) is 31.2 Å². The van der Waals surface area contributed by atoms with E-state index in [1.165, 1.54) is 0 Å². The lowest BCUT2D eigenvalue weighted by atomic mass is 10.1. The van der Waals surface area contributed by atoms with Gasteiger partial charge in [-0.15, -0.1) is 0 Å². The molecule has 0 spiro atoms. The zero-order valence-electron chi connectivity index (χ0n) is 20.0. The normalized spacial score (nSPS) is 15.5. The van der Waals surface area contributed by atoms with Crippen LogP contribution in [0.25, 0.3) is 0 Å². The van der Waals surface area contributed by atoms with E-state index in [9.17, 15) is 9.59 Å². The maximum Gasteiger partial charge on any atom is 0.410 e. The predicted molar refractivity (Wildman–Crippen MR) is 131 cm³/mol. The van der Waals surface area contributed by atoms with Crippen molar-refractivity contribution < 1.29 is 23.8 Å². The molecule has 1 unspecified atom stereocenters. The van der Waals surface area contributed by atoms with Crippen molar-refractivity contribution in [3.8, 4) is 5.75 Å². The van der Waals surface area contributed by atoms with Crippen molar-refractivity contribution in [2.24, 2.45) is 0 Å². The highest BCUT2D eigenvalue weighted by Gasteiger charge is 2.30. The van der Waals surface area contributed by atoms with Crippen molar-refractivity contribution in [3.63, 3.8) is 0 Å². The van der Waals surface area contributed by atoms with Crippen molar-refractivity contribution in [3.05, 3.63) is 65.2 Å². The second-order valence-electron chi connectivity index (χ2n) is 9.27. The minimum Gasteiger partial charge on any atom is -0.492 e. The molecule has 1 aliphatic heterocycles. The summed E-state index contributed by atoms with van der Waals surface area (Å²) in [6.07, 6.45) is -0.129. The van der Waals surface area contributed by atoms with Gasteiger partial charge < -0.3 is 19.1 Å². The van der Waals surface area contributed by atoms with Crippen molar-refractivity contribution in [2.75, 3.05) is 32.8 Å². The first kappa shape index (κ1) is 25.8. The van der Waals surface area contributed by atoms with Gasteiger partial charge in [-0.05, 0) is 50.6 Å². The lowest BCUT2D eigenvalue weighted by Crippen LogP contribution is -2.54. The largest absolute Gasteiger partial charge is 0.492 e. The van der Waals surface area contributed by atoms with Crippen LogP contribution in [0.5, 0.6) is 5.75 Å². The van der Waals surface area contributed by atoms with Gasteiger partial charge in [-0.3, -0.25) is 9.69 Å². The highest BCUT2D eigenvalue weighted by molar-refractivity contribution is 6.30. The fourth-order valence-electron chi connectivity index (χ4n) is 3.60. The van der Waals surface area contributed by atoms with Crippen LogP contribution in [-0.2, 0) is 20.9 Å². The Morgan fingerprint density at radius 3 is 2.24 bits per heavy atom. The Balaban J connectivity index is 1.58. The Hall–Kier alpha value is -2.77. The molecule has 1 aliphatic rings. The SMILES string of the molecule is CC(C)(C)OC(=O)N1CCN(C(COc2ccc(Cl)cc2)CC(=O)OCc2ccccc2)CC1. The Morgan fingerprint density at radius 1 is 0.971 bits per heavy atom. The molecule has 0 aliphatic carbocycles. The molecule has 0 radical (unpaired) electrons. The third-order valence-electron chi connectivity index (χ3n) is 5.38. The first-order valence-electron chi connectivity index (χ1n) is 11.5. The first-order valence-corrected chi connectivity index (χ1v) is 11.9. The minimum absolute atomic E-state index is 0.187. The van der Waals surface area contributed by atoms with E-state index in [1.54, 1.807) is 29.2 Å². The summed E-state index contributed by atoms with van der Waals surface area (Å²) in [5, 5.41) is 0.631. The van der Waals surface area contributed by atoms with Crippen LogP contribution in [0.4, 0.5) is 4.79 Å². The van der Waals surface area contributed by atoms with Crippen LogP contribution in [0.1, 0.15) is 32.8 Å². The summed E-state index contributed by atoms with van der Waals surface area (Å²) in [7, 11) is 0. The molecule has 3 rings (SSSR count). The molecule has 0 aromatic heterocycles. The van der Waals surface area contributed by atoms with Crippen LogP contribution in [0, 0.1) is 0 Å². The van der Waals surface area contributed by atoms with E-state index in [4.69, 9.17) is 25.8 Å². The van der Waals surface area contributed by atoms with Gasteiger partial charge in [0.25, 0.3) is 0 Å². The van der Waals surface area contributed by atoms with Crippen LogP contribution in [-0.4, -0.2) is 66.3 Å². The molecule has 1 fully saturated rings. The van der Waals surface area contributed by atoms with Crippen LogP contribution in [0.3, 0.4) is 0 Å². The molecule has 1 atom stereocenters. The Bertz CT molecular complexity index is 922. The third-order valence-corrected chi connectivity index (χ3v) is 5.64. The second-order valence-corrected chi connectivity index (χ2v) is 9.71. The summed E-state index contributed by atoms with van der Waals surface area (Å²) in [6.45, 7) is 8.37. The standard InChI is InChI=1S/C26H33ClN2O5/c1-26(2,3)34-25(31)29-15-13-28(14-16-29)22(19-32-23-11-9-21(27)10-12-23)17-24(30)33-18-20-7-5-4-6-8-20/h4-12,22H,13-19H2,1-3H3. The monoisotopic (exact) mass is 488 g/mol. The van der Waals surface area contributed by atoms with Crippen LogP contribution in [0.2, 0.25) is 5.02 Å². The molecule has 2 aromatic rings. The van der Waals surface area contributed by atoms with E-state index in [2.05, 4.69) is 4.90 Å². The highest BCUT2D eigenvalue weighted by Crippen LogP contribution is 2.19. The molecular formula is C26H33ClN2O5. The molecule has 0 N–H and O–H groups in total. The quantitative estimate of drug-likeness (QED) is 0.498. The number of nitrogens with zero attached hydrogens (tertiary/aromatic N) is 2. The number of benzene rings is 2. The third kappa shape index (κ3) is 8.54. The maximum absolute atomic E-state index is 12.6. The molecule has 184 valence electrons. The number of ether oxygens (including phenoxy) is 3. The Kier molecular flexibility index (Phi) is 9.19. The smallest absolute Gasteiger partial charge is 0.410 e. The number of hydrogen-bond donors (Lipinski definition) is 0. The molecule has 1 saturated heterocycles. The average molecular weight is 489 g/mol. The number of halogens is 1. The number of carbonyl (C=O) groups is 2. The van der Waals surface area contributed by atoms with Gasteiger partial charge in [0.15, 0.2) is 0 Å². The Morgan fingerprint density at radius 2 is 1.62 bits per heavy atom. The summed E-state index contributed by atoms with van der Waals surface area (Å²) >= 11 is 5.96. The van der Waals surface area contributed by atoms with Crippen molar-refractivity contribution in [2.45, 2.75) is 45.4 Å². The maximum atomic E-state index is 12.6. The van der Waals surface area contributed by atoms with Gasteiger partial charge in [0.05, 0.1) is 12.5 Å². The lowest BCUT2D eigenvalue weighted by Gasteiger charge is -2.39. The summed E-state index contributed by atoms with van der Waals surface area (Å²) in [4.78, 5) is 28.9. The van der Waals surface area contributed by atoms with Gasteiger partial charge in [0.1, 0.15) is 24.6 Å². The molecule has 8 heteroatoms. The van der Waals surface area contributed by atoms with Crippen molar-refractivity contribution in [1.82, 2.24) is 9.80 Å². The number of amides is 1. The zero-order valence-corrected chi connectivity index (χ0v) is 20.8. The predicted octanol–water partition coefficient (Wildman–Crippen LogP) is 4.77. The van der Waals surface area contributed by atoms with E-state index < -0.39 is 5.60 Å². The molecule has 0 saturated carbocycles. The van der Waals surface area contributed by atoms with Crippen molar-refractivity contribution in [1.29, 1.82) is 0 Å². The zero-order chi connectivity index (χ0) is 24.6. The number of hydrogen-bond acceptors (Lipinski definition) is 6. The molecule has 2 aromatic carbocycles. The van der Waals surface area contributed by atoms with Crippen LogP contribution >= 0.6 is 11.6 Å². The minimum atomic E-state index is -0.536. The van der Waals surface area contributed by atoms with Gasteiger partial charge in [-0.1, -0.05) is 41.9 Å². The average Bonchev–Trinajstić information content (AvgIpc) is 2.81. The highest BCUT2D eigenvalue weighted by atomic mass is 35.5. The lowest BCUT2D eigenvalue weighted by molar-refractivity contribution is -0.147. The molecule has 0 bridgehead atoms. The van der Waals surface area contributed by atoms with E-state index in [0.29, 0.717) is 43.6 Å². The van der Waals surface area contributed by atoms with Gasteiger partial charge in [-0.25, -0.2) is 4.79 Å². The number of piperazine rings is 1.